The summed E-state index contributed by atoms with van der Waals surface area (Å²) in [5.41, 5.74) is 0. The average molecular weight is 367 g/mol. The topological polar surface area (TPSA) is 39.3 Å². The number of carbonyl (C=O) groups is 1. The van der Waals surface area contributed by atoms with Crippen molar-refractivity contribution in [2.45, 2.75) is 58.2 Å². The monoisotopic (exact) mass is 366 g/mol. The molecule has 0 aromatic carbocycles. The van der Waals surface area contributed by atoms with Crippen LogP contribution in [0.1, 0.15) is 40.0 Å². The largest absolute Gasteiger partial charge is 0.379 e. The molecule has 0 aliphatic carbocycles. The Morgan fingerprint density at radius 2 is 1.81 bits per heavy atom. The van der Waals surface area contributed by atoms with Crippen molar-refractivity contribution in [3.63, 3.8) is 0 Å². The summed E-state index contributed by atoms with van der Waals surface area (Å²) >= 11 is 0. The van der Waals surface area contributed by atoms with Crippen LogP contribution in [-0.4, -0.2) is 109 Å². The number of hydrogen-bond donors (Lipinski definition) is 0. The highest BCUT2D eigenvalue weighted by atomic mass is 16.5. The molecule has 150 valence electrons. The predicted octanol–water partition coefficient (Wildman–Crippen LogP) is 1.11. The first kappa shape index (κ1) is 20.1. The van der Waals surface area contributed by atoms with Crippen LogP contribution < -0.4 is 0 Å². The number of rotatable bonds is 6. The number of morpholine rings is 1. The van der Waals surface area contributed by atoms with E-state index in [4.69, 9.17) is 4.74 Å². The highest BCUT2D eigenvalue weighted by Crippen LogP contribution is 2.20. The quantitative estimate of drug-likeness (QED) is 0.704. The van der Waals surface area contributed by atoms with Crippen molar-refractivity contribution < 1.29 is 9.53 Å². The van der Waals surface area contributed by atoms with Crippen molar-refractivity contribution in [2.75, 3.05) is 65.6 Å². The van der Waals surface area contributed by atoms with Crippen molar-refractivity contribution in [1.82, 2.24) is 19.6 Å². The zero-order valence-corrected chi connectivity index (χ0v) is 17.0. The molecule has 6 heteroatoms. The molecule has 3 fully saturated rings. The second-order valence-electron chi connectivity index (χ2n) is 8.52. The summed E-state index contributed by atoms with van der Waals surface area (Å²) in [5.74, 6) is 0.307. The summed E-state index contributed by atoms with van der Waals surface area (Å²) in [6, 6.07) is 1.70. The summed E-state index contributed by atoms with van der Waals surface area (Å²) in [6.45, 7) is 16.4. The van der Waals surface area contributed by atoms with Gasteiger partial charge in [-0.15, -0.1) is 0 Å². The van der Waals surface area contributed by atoms with E-state index < -0.39 is 0 Å². The van der Waals surface area contributed by atoms with Gasteiger partial charge in [-0.05, 0) is 46.6 Å². The molecule has 0 spiro atoms. The van der Waals surface area contributed by atoms with E-state index in [1.807, 2.05) is 0 Å². The lowest BCUT2D eigenvalue weighted by atomic mass is 10.0. The van der Waals surface area contributed by atoms with E-state index in [-0.39, 0.29) is 0 Å². The van der Waals surface area contributed by atoms with E-state index in [1.165, 1.54) is 25.9 Å². The van der Waals surface area contributed by atoms with E-state index in [0.29, 0.717) is 30.6 Å². The molecule has 3 heterocycles. The Bertz CT molecular complexity index is 453. The number of likely N-dealkylation sites (tertiary alicyclic amines) is 1. The Labute approximate surface area is 159 Å². The molecule has 2 unspecified atom stereocenters. The number of hydrogen-bond acceptors (Lipinski definition) is 5. The summed E-state index contributed by atoms with van der Waals surface area (Å²) in [4.78, 5) is 22.0. The summed E-state index contributed by atoms with van der Waals surface area (Å²) in [7, 11) is 0. The van der Waals surface area contributed by atoms with Crippen molar-refractivity contribution >= 4 is 5.91 Å². The standard InChI is InChI=1S/C20H38N4O2/c1-17(2)23-10-9-22(20(25)16-23)8-6-18(3)24-7-4-5-19(15-24)21-11-13-26-14-12-21/h17-19H,4-16H2,1-3H3. The van der Waals surface area contributed by atoms with Gasteiger partial charge in [0.2, 0.25) is 5.91 Å². The number of carbonyl (C=O) groups excluding carboxylic acids is 1. The number of nitrogens with zero attached hydrogens (tertiary/aromatic N) is 4. The molecule has 3 rings (SSSR count). The molecular weight excluding hydrogens is 328 g/mol. The number of piperidine rings is 1. The van der Waals surface area contributed by atoms with Gasteiger partial charge in [0.05, 0.1) is 19.8 Å². The van der Waals surface area contributed by atoms with Crippen LogP contribution in [0, 0.1) is 0 Å². The first-order chi connectivity index (χ1) is 12.5. The molecule has 0 aromatic heterocycles. The van der Waals surface area contributed by atoms with E-state index in [1.54, 1.807) is 0 Å². The van der Waals surface area contributed by atoms with Gasteiger partial charge >= 0.3 is 0 Å². The molecule has 2 atom stereocenters. The third kappa shape index (κ3) is 5.18. The third-order valence-corrected chi connectivity index (χ3v) is 6.51. The molecule has 3 saturated heterocycles. The lowest BCUT2D eigenvalue weighted by Gasteiger charge is -2.43. The van der Waals surface area contributed by atoms with Gasteiger partial charge in [-0.2, -0.15) is 0 Å². The van der Waals surface area contributed by atoms with Crippen LogP contribution in [0.5, 0.6) is 0 Å². The molecule has 6 nitrogen and oxygen atoms in total. The summed E-state index contributed by atoms with van der Waals surface area (Å²) < 4.78 is 5.51. The molecule has 0 bridgehead atoms. The van der Waals surface area contributed by atoms with Crippen LogP contribution in [0.2, 0.25) is 0 Å². The SMILES string of the molecule is CC(C)N1CCN(CCC(C)N2CCCC(N3CCOCC3)C2)C(=O)C1. The Morgan fingerprint density at radius 1 is 1.04 bits per heavy atom. The first-order valence-electron chi connectivity index (χ1n) is 10.6. The maximum Gasteiger partial charge on any atom is 0.236 e. The Balaban J connectivity index is 1.43. The van der Waals surface area contributed by atoms with Gasteiger partial charge < -0.3 is 9.64 Å². The normalized spacial score (nSPS) is 28.7. The molecule has 0 aromatic rings. The summed E-state index contributed by atoms with van der Waals surface area (Å²) in [6.07, 6.45) is 3.69. The lowest BCUT2D eigenvalue weighted by molar-refractivity contribution is -0.137. The van der Waals surface area contributed by atoms with Crippen LogP contribution in [0.3, 0.4) is 0 Å². The molecule has 26 heavy (non-hydrogen) atoms. The molecule has 3 aliphatic rings. The maximum atomic E-state index is 12.4. The van der Waals surface area contributed by atoms with Gasteiger partial charge in [-0.3, -0.25) is 19.5 Å². The van der Waals surface area contributed by atoms with Crippen molar-refractivity contribution in [1.29, 1.82) is 0 Å². The van der Waals surface area contributed by atoms with Crippen molar-refractivity contribution in [3.8, 4) is 0 Å². The zero-order valence-electron chi connectivity index (χ0n) is 17.0. The lowest BCUT2D eigenvalue weighted by Crippen LogP contribution is -2.55. The van der Waals surface area contributed by atoms with Crippen LogP contribution in [0.15, 0.2) is 0 Å². The predicted molar refractivity (Wildman–Crippen MR) is 104 cm³/mol. The molecular formula is C20H38N4O2. The minimum absolute atomic E-state index is 0.307. The maximum absolute atomic E-state index is 12.4. The molecule has 1 amide bonds. The fraction of sp³-hybridized carbons (Fsp3) is 0.950. The van der Waals surface area contributed by atoms with Crippen molar-refractivity contribution in [3.05, 3.63) is 0 Å². The van der Waals surface area contributed by atoms with E-state index >= 15 is 0 Å². The Kier molecular flexibility index (Phi) is 7.32. The minimum atomic E-state index is 0.307. The first-order valence-corrected chi connectivity index (χ1v) is 10.6. The second-order valence-corrected chi connectivity index (χ2v) is 8.52. The van der Waals surface area contributed by atoms with E-state index in [0.717, 1.165) is 52.4 Å². The molecule has 0 N–H and O–H groups in total. The smallest absolute Gasteiger partial charge is 0.236 e. The second kappa shape index (κ2) is 9.49. The van der Waals surface area contributed by atoms with E-state index in [9.17, 15) is 4.79 Å². The molecule has 0 radical (unpaired) electrons. The highest BCUT2D eigenvalue weighted by molar-refractivity contribution is 5.79. The Morgan fingerprint density at radius 3 is 2.50 bits per heavy atom. The molecule has 0 saturated carbocycles. The average Bonchev–Trinajstić information content (AvgIpc) is 2.67. The van der Waals surface area contributed by atoms with Gasteiger partial charge in [0.15, 0.2) is 0 Å². The fourth-order valence-electron chi connectivity index (χ4n) is 4.55. The number of piperazine rings is 1. The van der Waals surface area contributed by atoms with Gasteiger partial charge in [0.1, 0.15) is 0 Å². The minimum Gasteiger partial charge on any atom is -0.379 e. The van der Waals surface area contributed by atoms with Gasteiger partial charge in [0, 0.05) is 57.4 Å². The summed E-state index contributed by atoms with van der Waals surface area (Å²) in [5, 5.41) is 0. The number of ether oxygens (including phenoxy) is 1. The Hall–Kier alpha value is -0.690. The van der Waals surface area contributed by atoms with E-state index in [2.05, 4.69) is 40.4 Å². The van der Waals surface area contributed by atoms with Crippen molar-refractivity contribution in [2.24, 2.45) is 0 Å². The fourth-order valence-corrected chi connectivity index (χ4v) is 4.55. The van der Waals surface area contributed by atoms with Crippen LogP contribution in [-0.2, 0) is 9.53 Å². The number of amides is 1. The van der Waals surface area contributed by atoms with Crippen LogP contribution >= 0.6 is 0 Å². The zero-order chi connectivity index (χ0) is 18.5. The highest BCUT2D eigenvalue weighted by Gasteiger charge is 2.30. The van der Waals surface area contributed by atoms with Gasteiger partial charge in [0.25, 0.3) is 0 Å². The van der Waals surface area contributed by atoms with Crippen LogP contribution in [0.25, 0.3) is 0 Å². The van der Waals surface area contributed by atoms with Crippen LogP contribution in [0.4, 0.5) is 0 Å². The third-order valence-electron chi connectivity index (χ3n) is 6.51. The molecule has 3 aliphatic heterocycles. The van der Waals surface area contributed by atoms with Gasteiger partial charge in [-0.1, -0.05) is 0 Å². The van der Waals surface area contributed by atoms with Gasteiger partial charge in [-0.25, -0.2) is 0 Å².